The third-order valence-corrected chi connectivity index (χ3v) is 5.24. The highest BCUT2D eigenvalue weighted by Crippen LogP contribution is 2.39. The molecule has 0 radical (unpaired) electrons. The number of amides is 3. The molecule has 0 aromatic heterocycles. The number of ether oxygens (including phenoxy) is 1. The Balaban J connectivity index is 1.49. The van der Waals surface area contributed by atoms with Gasteiger partial charge in [-0.3, -0.25) is 19.3 Å². The lowest BCUT2D eigenvalue weighted by molar-refractivity contribution is -0.133. The molecule has 150 valence electrons. The summed E-state index contributed by atoms with van der Waals surface area (Å²) < 4.78 is 19.6. The van der Waals surface area contributed by atoms with E-state index in [0.717, 1.165) is 31.7 Å². The average Bonchev–Trinajstić information content (AvgIpc) is 3.54. The van der Waals surface area contributed by atoms with Gasteiger partial charge in [-0.05, 0) is 43.9 Å². The summed E-state index contributed by atoms with van der Waals surface area (Å²) in [5.41, 5.74) is 5.87. The van der Waals surface area contributed by atoms with E-state index in [2.05, 4.69) is 5.32 Å². The number of carbonyl (C=O) groups excluding carboxylic acids is 3. The van der Waals surface area contributed by atoms with Crippen LogP contribution >= 0.6 is 0 Å². The number of primary amides is 1. The molecule has 2 aliphatic carbocycles. The Hall–Kier alpha value is -2.52. The molecule has 1 saturated heterocycles. The van der Waals surface area contributed by atoms with Crippen LogP contribution in [0, 0.1) is 5.82 Å². The van der Waals surface area contributed by atoms with Crippen LogP contribution in [0.3, 0.4) is 0 Å². The minimum absolute atomic E-state index is 0.0869. The number of hydrogen-bond acceptors (Lipinski definition) is 5. The Morgan fingerprint density at radius 1 is 1.25 bits per heavy atom. The summed E-state index contributed by atoms with van der Waals surface area (Å²) in [6.07, 6.45) is 3.80. The summed E-state index contributed by atoms with van der Waals surface area (Å²) in [5, 5.41) is 2.60. The fourth-order valence-corrected chi connectivity index (χ4v) is 3.66. The van der Waals surface area contributed by atoms with E-state index >= 15 is 0 Å². The van der Waals surface area contributed by atoms with Crippen molar-refractivity contribution in [1.82, 2.24) is 4.90 Å². The maximum Gasteiger partial charge on any atom is 0.253 e. The van der Waals surface area contributed by atoms with Gasteiger partial charge in [-0.2, -0.15) is 0 Å². The maximum atomic E-state index is 14.6. The van der Waals surface area contributed by atoms with Gasteiger partial charge in [0, 0.05) is 24.3 Å². The van der Waals surface area contributed by atoms with E-state index in [9.17, 15) is 18.8 Å². The lowest BCUT2D eigenvalue weighted by atomic mass is 10.1. The number of nitrogens with two attached hydrogens (primary N) is 1. The highest BCUT2D eigenvalue weighted by Gasteiger charge is 2.47. The van der Waals surface area contributed by atoms with Gasteiger partial charge in [0.1, 0.15) is 12.4 Å². The van der Waals surface area contributed by atoms with Gasteiger partial charge in [-0.15, -0.1) is 0 Å². The van der Waals surface area contributed by atoms with Crippen LogP contribution in [0.25, 0.3) is 0 Å². The van der Waals surface area contributed by atoms with Crippen LogP contribution in [-0.4, -0.2) is 60.5 Å². The van der Waals surface area contributed by atoms with Crippen LogP contribution in [0.15, 0.2) is 18.2 Å². The average molecular weight is 390 g/mol. The molecule has 0 bridgehead atoms. The topological polar surface area (TPSA) is 105 Å². The zero-order chi connectivity index (χ0) is 19.8. The Kier molecular flexibility index (Phi) is 5.03. The highest BCUT2D eigenvalue weighted by atomic mass is 19.1. The molecule has 3 amide bonds. The molecule has 3 fully saturated rings. The van der Waals surface area contributed by atoms with E-state index < -0.39 is 23.7 Å². The predicted molar refractivity (Wildman–Crippen MR) is 99.1 cm³/mol. The summed E-state index contributed by atoms with van der Waals surface area (Å²) >= 11 is 0. The molecule has 9 heteroatoms. The molecule has 1 aliphatic heterocycles. The van der Waals surface area contributed by atoms with Crippen LogP contribution in [0.1, 0.15) is 25.7 Å². The molecule has 8 nitrogen and oxygen atoms in total. The van der Waals surface area contributed by atoms with E-state index in [0.29, 0.717) is 6.61 Å². The Morgan fingerprint density at radius 2 is 1.93 bits per heavy atom. The lowest BCUT2D eigenvalue weighted by Crippen LogP contribution is -2.54. The van der Waals surface area contributed by atoms with Gasteiger partial charge >= 0.3 is 0 Å². The summed E-state index contributed by atoms with van der Waals surface area (Å²) in [6.45, 7) is 0.515. The first kappa shape index (κ1) is 18.8. The fraction of sp³-hybridized carbons (Fsp3) is 0.526. The standard InChI is InChI=1S/C19H23FN4O4/c20-14-9-11(1-6-15(14)23-7-8-28-10-16(23)25)22-19(27)17(18(21)26)24(12-2-3-12)13-4-5-13/h1,6,9,12-13,17H,2-5,7-8,10H2,(H2,21,26)(H,22,27)/t17-/m0/s1. The van der Waals surface area contributed by atoms with E-state index in [1.807, 2.05) is 4.90 Å². The quantitative estimate of drug-likeness (QED) is 0.664. The number of morpholine rings is 1. The van der Waals surface area contributed by atoms with E-state index in [-0.39, 0.29) is 42.5 Å². The third-order valence-electron chi connectivity index (χ3n) is 5.24. The Labute approximate surface area is 161 Å². The van der Waals surface area contributed by atoms with Crippen LogP contribution in [0.4, 0.5) is 15.8 Å². The van der Waals surface area contributed by atoms with Crippen molar-refractivity contribution in [2.75, 3.05) is 30.0 Å². The molecule has 28 heavy (non-hydrogen) atoms. The maximum absolute atomic E-state index is 14.6. The first-order valence-corrected chi connectivity index (χ1v) is 9.51. The normalized spacial score (nSPS) is 20.9. The van der Waals surface area contributed by atoms with Crippen molar-refractivity contribution >= 4 is 29.1 Å². The zero-order valence-corrected chi connectivity index (χ0v) is 15.4. The number of rotatable bonds is 7. The van der Waals surface area contributed by atoms with Crippen molar-refractivity contribution in [3.05, 3.63) is 24.0 Å². The summed E-state index contributed by atoms with van der Waals surface area (Å²) in [4.78, 5) is 39.9. The molecule has 1 aromatic carbocycles. The summed E-state index contributed by atoms with van der Waals surface area (Å²) in [6, 6.07) is 3.45. The Morgan fingerprint density at radius 3 is 2.46 bits per heavy atom. The molecule has 0 unspecified atom stereocenters. The van der Waals surface area contributed by atoms with Crippen LogP contribution < -0.4 is 16.0 Å². The van der Waals surface area contributed by atoms with Crippen molar-refractivity contribution in [3.8, 4) is 0 Å². The van der Waals surface area contributed by atoms with Crippen LogP contribution in [0.2, 0.25) is 0 Å². The molecule has 2 saturated carbocycles. The SMILES string of the molecule is NC(=O)[C@@H](C(=O)Nc1ccc(N2CCOCC2=O)c(F)c1)N(C1CC1)C1CC1. The first-order valence-electron chi connectivity index (χ1n) is 9.51. The van der Waals surface area contributed by atoms with Gasteiger partial charge in [-0.25, -0.2) is 4.39 Å². The number of nitrogens with one attached hydrogen (secondary N) is 1. The van der Waals surface area contributed by atoms with Gasteiger partial charge in [0.15, 0.2) is 6.04 Å². The van der Waals surface area contributed by atoms with Gasteiger partial charge in [0.25, 0.3) is 11.8 Å². The molecule has 1 aromatic rings. The summed E-state index contributed by atoms with van der Waals surface area (Å²) in [5.74, 6) is -2.21. The fourth-order valence-electron chi connectivity index (χ4n) is 3.66. The van der Waals surface area contributed by atoms with Crippen molar-refractivity contribution in [1.29, 1.82) is 0 Å². The van der Waals surface area contributed by atoms with Gasteiger partial charge in [0.05, 0.1) is 12.3 Å². The zero-order valence-electron chi connectivity index (χ0n) is 15.4. The minimum Gasteiger partial charge on any atom is -0.370 e. The van der Waals surface area contributed by atoms with E-state index in [4.69, 9.17) is 10.5 Å². The predicted octanol–water partition coefficient (Wildman–Crippen LogP) is 0.608. The molecule has 0 spiro atoms. The number of anilines is 2. The highest BCUT2D eigenvalue weighted by molar-refractivity contribution is 6.09. The second-order valence-electron chi connectivity index (χ2n) is 7.47. The van der Waals surface area contributed by atoms with Crippen molar-refractivity contribution in [3.63, 3.8) is 0 Å². The van der Waals surface area contributed by atoms with E-state index in [1.54, 1.807) is 0 Å². The van der Waals surface area contributed by atoms with Gasteiger partial charge < -0.3 is 20.7 Å². The first-order chi connectivity index (χ1) is 13.5. The molecule has 1 heterocycles. The lowest BCUT2D eigenvalue weighted by Gasteiger charge is -2.29. The van der Waals surface area contributed by atoms with Crippen LogP contribution in [0.5, 0.6) is 0 Å². The summed E-state index contributed by atoms with van der Waals surface area (Å²) in [7, 11) is 0. The van der Waals surface area contributed by atoms with Crippen molar-refractivity contribution in [2.24, 2.45) is 5.73 Å². The number of hydrogen-bond donors (Lipinski definition) is 2. The monoisotopic (exact) mass is 390 g/mol. The van der Waals surface area contributed by atoms with Gasteiger partial charge in [0.2, 0.25) is 5.91 Å². The van der Waals surface area contributed by atoms with Crippen molar-refractivity contribution in [2.45, 2.75) is 43.8 Å². The molecule has 3 aliphatic rings. The molecule has 4 rings (SSSR count). The second-order valence-corrected chi connectivity index (χ2v) is 7.47. The van der Waals surface area contributed by atoms with Crippen molar-refractivity contribution < 1.29 is 23.5 Å². The number of nitrogens with zero attached hydrogens (tertiary/aromatic N) is 2. The minimum atomic E-state index is -1.07. The van der Waals surface area contributed by atoms with Crippen LogP contribution in [-0.2, 0) is 19.1 Å². The molecule has 1 atom stereocenters. The molecule has 3 N–H and O–H groups in total. The molecular weight excluding hydrogens is 367 g/mol. The second kappa shape index (κ2) is 7.48. The largest absolute Gasteiger partial charge is 0.370 e. The smallest absolute Gasteiger partial charge is 0.253 e. The Bertz CT molecular complexity index is 797. The number of halogens is 1. The molecular formula is C19H23FN4O4. The number of carbonyl (C=O) groups is 3. The number of benzene rings is 1. The van der Waals surface area contributed by atoms with Gasteiger partial charge in [-0.1, -0.05) is 0 Å². The van der Waals surface area contributed by atoms with E-state index in [1.165, 1.54) is 17.0 Å². The third kappa shape index (κ3) is 3.85.